The van der Waals surface area contributed by atoms with Crippen molar-refractivity contribution in [1.82, 2.24) is 10.2 Å². The second kappa shape index (κ2) is 8.13. The molecule has 1 atom stereocenters. The molecule has 0 spiro atoms. The Morgan fingerprint density at radius 3 is 2.44 bits per heavy atom. The Morgan fingerprint density at radius 1 is 1.11 bits per heavy atom. The Kier molecular flexibility index (Phi) is 6.46. The van der Waals surface area contributed by atoms with Crippen molar-refractivity contribution in [3.8, 4) is 0 Å². The zero-order valence-electron chi connectivity index (χ0n) is 12.0. The van der Waals surface area contributed by atoms with E-state index in [2.05, 4.69) is 17.1 Å². The molecule has 3 nitrogen and oxygen atoms in total. The van der Waals surface area contributed by atoms with Gasteiger partial charge in [0.1, 0.15) is 0 Å². The topological polar surface area (TPSA) is 24.5 Å². The average molecular weight is 254 g/mol. The molecule has 18 heavy (non-hydrogen) atoms. The van der Waals surface area contributed by atoms with Crippen LogP contribution in [0.1, 0.15) is 45.4 Å². The quantitative estimate of drug-likeness (QED) is 0.762. The van der Waals surface area contributed by atoms with Crippen molar-refractivity contribution in [3.63, 3.8) is 0 Å². The summed E-state index contributed by atoms with van der Waals surface area (Å²) in [6.45, 7) is 8.75. The summed E-state index contributed by atoms with van der Waals surface area (Å²) in [4.78, 5) is 2.51. The minimum atomic E-state index is 0.698. The highest BCUT2D eigenvalue weighted by atomic mass is 16.5. The summed E-state index contributed by atoms with van der Waals surface area (Å²) in [5.41, 5.74) is 0. The van der Waals surface area contributed by atoms with Gasteiger partial charge in [-0.05, 0) is 25.7 Å². The maximum Gasteiger partial charge on any atom is 0.0594 e. The van der Waals surface area contributed by atoms with E-state index in [-0.39, 0.29) is 0 Å². The average Bonchev–Trinajstić information content (AvgIpc) is 2.69. The highest BCUT2D eigenvalue weighted by molar-refractivity contribution is 4.75. The monoisotopic (exact) mass is 254 g/mol. The first-order valence-corrected chi connectivity index (χ1v) is 7.90. The SMILES string of the molecule is C[C@H](NCCN1CCOCC1)C1CCCCCC1. The van der Waals surface area contributed by atoms with E-state index in [4.69, 9.17) is 4.74 Å². The van der Waals surface area contributed by atoms with Crippen LogP contribution in [0.2, 0.25) is 0 Å². The maximum absolute atomic E-state index is 5.37. The second-order valence-electron chi connectivity index (χ2n) is 5.95. The molecule has 0 aromatic carbocycles. The Morgan fingerprint density at radius 2 is 1.78 bits per heavy atom. The lowest BCUT2D eigenvalue weighted by atomic mass is 9.93. The van der Waals surface area contributed by atoms with Gasteiger partial charge in [0.2, 0.25) is 0 Å². The van der Waals surface area contributed by atoms with E-state index in [0.717, 1.165) is 38.8 Å². The van der Waals surface area contributed by atoms with Gasteiger partial charge in [-0.3, -0.25) is 4.90 Å². The van der Waals surface area contributed by atoms with Crippen molar-refractivity contribution >= 4 is 0 Å². The molecule has 0 bridgehead atoms. The number of nitrogens with one attached hydrogen (secondary N) is 1. The first-order chi connectivity index (χ1) is 8.86. The Bertz CT molecular complexity index is 209. The first-order valence-electron chi connectivity index (χ1n) is 7.90. The largest absolute Gasteiger partial charge is 0.379 e. The molecule has 0 aromatic heterocycles. The van der Waals surface area contributed by atoms with Gasteiger partial charge in [-0.2, -0.15) is 0 Å². The van der Waals surface area contributed by atoms with E-state index in [0.29, 0.717) is 6.04 Å². The normalized spacial score (nSPS) is 25.8. The third-order valence-corrected chi connectivity index (χ3v) is 4.60. The van der Waals surface area contributed by atoms with Crippen LogP contribution in [-0.4, -0.2) is 50.3 Å². The first kappa shape index (κ1) is 14.3. The van der Waals surface area contributed by atoms with Crippen LogP contribution in [0.5, 0.6) is 0 Å². The molecule has 3 heteroatoms. The summed E-state index contributed by atoms with van der Waals surface area (Å²) < 4.78 is 5.37. The van der Waals surface area contributed by atoms with Crippen molar-refractivity contribution in [2.24, 2.45) is 5.92 Å². The zero-order chi connectivity index (χ0) is 12.6. The Hall–Kier alpha value is -0.120. The molecule has 1 N–H and O–H groups in total. The molecule has 1 aliphatic heterocycles. The van der Waals surface area contributed by atoms with Crippen molar-refractivity contribution in [2.45, 2.75) is 51.5 Å². The lowest BCUT2D eigenvalue weighted by Gasteiger charge is -2.29. The fraction of sp³-hybridized carbons (Fsp3) is 1.00. The number of morpholine rings is 1. The number of hydrogen-bond donors (Lipinski definition) is 1. The summed E-state index contributed by atoms with van der Waals surface area (Å²) in [6, 6.07) is 0.698. The highest BCUT2D eigenvalue weighted by Crippen LogP contribution is 2.25. The van der Waals surface area contributed by atoms with Crippen LogP contribution in [0, 0.1) is 5.92 Å². The van der Waals surface area contributed by atoms with Crippen molar-refractivity contribution in [1.29, 1.82) is 0 Å². The van der Waals surface area contributed by atoms with E-state index in [1.54, 1.807) is 0 Å². The molecule has 0 radical (unpaired) electrons. The van der Waals surface area contributed by atoms with Crippen LogP contribution in [-0.2, 0) is 4.74 Å². The summed E-state index contributed by atoms with van der Waals surface area (Å²) in [6.07, 6.45) is 8.67. The molecule has 1 heterocycles. The van der Waals surface area contributed by atoms with Gasteiger partial charge in [-0.25, -0.2) is 0 Å². The van der Waals surface area contributed by atoms with Crippen LogP contribution >= 0.6 is 0 Å². The van der Waals surface area contributed by atoms with Crippen molar-refractivity contribution in [3.05, 3.63) is 0 Å². The number of ether oxygens (including phenoxy) is 1. The fourth-order valence-corrected chi connectivity index (χ4v) is 3.25. The molecule has 2 rings (SSSR count). The lowest BCUT2D eigenvalue weighted by Crippen LogP contribution is -2.43. The molecular weight excluding hydrogens is 224 g/mol. The van der Waals surface area contributed by atoms with Crippen LogP contribution in [0.3, 0.4) is 0 Å². The van der Waals surface area contributed by atoms with E-state index >= 15 is 0 Å². The number of hydrogen-bond acceptors (Lipinski definition) is 3. The molecule has 1 saturated heterocycles. The van der Waals surface area contributed by atoms with Gasteiger partial charge in [-0.1, -0.05) is 25.7 Å². The molecule has 0 amide bonds. The molecule has 0 unspecified atom stereocenters. The zero-order valence-corrected chi connectivity index (χ0v) is 12.0. The van der Waals surface area contributed by atoms with E-state index < -0.39 is 0 Å². The molecule has 106 valence electrons. The van der Waals surface area contributed by atoms with Crippen molar-refractivity contribution < 1.29 is 4.74 Å². The van der Waals surface area contributed by atoms with Gasteiger partial charge in [0.15, 0.2) is 0 Å². The standard InChI is InChI=1S/C15H30N2O/c1-14(15-6-4-2-3-5-7-15)16-8-9-17-10-12-18-13-11-17/h14-16H,2-13H2,1H3/t14-/m0/s1. The number of rotatable bonds is 5. The third-order valence-electron chi connectivity index (χ3n) is 4.60. The summed E-state index contributed by atoms with van der Waals surface area (Å²) in [7, 11) is 0. The van der Waals surface area contributed by atoms with E-state index in [1.165, 1.54) is 45.1 Å². The van der Waals surface area contributed by atoms with E-state index in [9.17, 15) is 0 Å². The minimum Gasteiger partial charge on any atom is -0.379 e. The predicted molar refractivity (Wildman–Crippen MR) is 75.9 cm³/mol. The molecule has 0 aromatic rings. The molecule has 2 fully saturated rings. The highest BCUT2D eigenvalue weighted by Gasteiger charge is 2.18. The smallest absolute Gasteiger partial charge is 0.0594 e. The molecule has 1 aliphatic carbocycles. The van der Waals surface area contributed by atoms with Gasteiger partial charge in [0.05, 0.1) is 13.2 Å². The predicted octanol–water partition coefficient (Wildman–Crippen LogP) is 2.27. The summed E-state index contributed by atoms with van der Waals surface area (Å²) in [5.74, 6) is 0.914. The second-order valence-corrected chi connectivity index (χ2v) is 5.95. The van der Waals surface area contributed by atoms with Gasteiger partial charge < -0.3 is 10.1 Å². The molecule has 1 saturated carbocycles. The van der Waals surface area contributed by atoms with Gasteiger partial charge in [0.25, 0.3) is 0 Å². The maximum atomic E-state index is 5.37. The molecular formula is C15H30N2O. The van der Waals surface area contributed by atoms with Gasteiger partial charge in [-0.15, -0.1) is 0 Å². The van der Waals surface area contributed by atoms with Gasteiger partial charge >= 0.3 is 0 Å². The fourth-order valence-electron chi connectivity index (χ4n) is 3.25. The Balaban J connectivity index is 1.59. The van der Waals surface area contributed by atoms with Crippen LogP contribution in [0.4, 0.5) is 0 Å². The third kappa shape index (κ3) is 4.87. The van der Waals surface area contributed by atoms with Crippen LogP contribution in [0.25, 0.3) is 0 Å². The summed E-state index contributed by atoms with van der Waals surface area (Å²) >= 11 is 0. The Labute approximate surface area is 112 Å². The van der Waals surface area contributed by atoms with Crippen LogP contribution in [0.15, 0.2) is 0 Å². The van der Waals surface area contributed by atoms with E-state index in [1.807, 2.05) is 0 Å². The molecule has 2 aliphatic rings. The minimum absolute atomic E-state index is 0.698. The van der Waals surface area contributed by atoms with Crippen molar-refractivity contribution in [2.75, 3.05) is 39.4 Å². The number of nitrogens with zero attached hydrogens (tertiary/aromatic N) is 1. The van der Waals surface area contributed by atoms with Gasteiger partial charge in [0, 0.05) is 32.2 Å². The summed E-state index contributed by atoms with van der Waals surface area (Å²) in [5, 5.41) is 3.74. The van der Waals surface area contributed by atoms with Crippen LogP contribution < -0.4 is 5.32 Å². The lowest BCUT2D eigenvalue weighted by molar-refractivity contribution is 0.0379.